The SMILES string of the molecule is C=C(O/C(=N\N)C(C)C(C)/C(=N/N)N(C(=C)c1ccc(S(C)(=O)=O)cn1)c1ccccc1Cl)c1cc[nH]c(=O)c1. The Hall–Kier alpha value is -4.42. The first-order valence-corrected chi connectivity index (χ1v) is 14.2. The molecule has 11 nitrogen and oxygen atoms in total. The van der Waals surface area contributed by atoms with Crippen molar-refractivity contribution in [2.24, 2.45) is 33.7 Å². The second kappa shape index (κ2) is 12.6. The van der Waals surface area contributed by atoms with Gasteiger partial charge in [-0.05, 0) is 30.3 Å². The molecule has 2 atom stereocenters. The zero-order valence-corrected chi connectivity index (χ0v) is 23.8. The average molecular weight is 584 g/mol. The van der Waals surface area contributed by atoms with Crippen LogP contribution in [-0.2, 0) is 14.6 Å². The lowest BCUT2D eigenvalue weighted by atomic mass is 9.93. The number of nitrogens with zero attached hydrogens (tertiary/aromatic N) is 4. The minimum absolute atomic E-state index is 0.0598. The summed E-state index contributed by atoms with van der Waals surface area (Å²) in [4.78, 5) is 20.2. The lowest BCUT2D eigenvalue weighted by Gasteiger charge is -2.33. The van der Waals surface area contributed by atoms with E-state index in [-0.39, 0.29) is 22.1 Å². The average Bonchev–Trinajstić information content (AvgIpc) is 2.93. The van der Waals surface area contributed by atoms with Gasteiger partial charge in [-0.1, -0.05) is 50.7 Å². The molecule has 0 aliphatic heterocycles. The largest absolute Gasteiger partial charge is 0.441 e. The van der Waals surface area contributed by atoms with Crippen LogP contribution in [0.2, 0.25) is 5.02 Å². The van der Waals surface area contributed by atoms with Gasteiger partial charge in [-0.15, -0.1) is 5.10 Å². The number of H-pyrrole nitrogens is 1. The second-order valence-electron chi connectivity index (χ2n) is 8.88. The van der Waals surface area contributed by atoms with Crippen molar-refractivity contribution >= 4 is 50.3 Å². The molecule has 2 unspecified atom stereocenters. The maximum Gasteiger partial charge on any atom is 0.248 e. The van der Waals surface area contributed by atoms with Gasteiger partial charge in [-0.2, -0.15) is 5.10 Å². The topological polar surface area (TPSA) is 169 Å². The molecule has 40 heavy (non-hydrogen) atoms. The lowest BCUT2D eigenvalue weighted by molar-refractivity contribution is 0.432. The number of amidine groups is 1. The number of aromatic amines is 1. The van der Waals surface area contributed by atoms with Crippen LogP contribution in [0.4, 0.5) is 5.69 Å². The van der Waals surface area contributed by atoms with Crippen LogP contribution >= 0.6 is 11.6 Å². The molecule has 2 heterocycles. The number of hydrogen-bond acceptors (Lipinski definition) is 9. The number of rotatable bonds is 9. The number of aromatic nitrogens is 2. The Bertz CT molecular complexity index is 1630. The predicted octanol–water partition coefficient (Wildman–Crippen LogP) is 3.81. The molecule has 0 fully saturated rings. The minimum atomic E-state index is -3.45. The molecule has 210 valence electrons. The van der Waals surface area contributed by atoms with Crippen molar-refractivity contribution in [3.8, 4) is 0 Å². The van der Waals surface area contributed by atoms with E-state index in [0.29, 0.717) is 33.5 Å². The highest BCUT2D eigenvalue weighted by atomic mass is 35.5. The van der Waals surface area contributed by atoms with Crippen LogP contribution in [-0.4, -0.2) is 36.4 Å². The van der Waals surface area contributed by atoms with Crippen molar-refractivity contribution in [3.63, 3.8) is 0 Å². The number of nitrogens with two attached hydrogens (primary N) is 2. The summed E-state index contributed by atoms with van der Waals surface area (Å²) in [6.45, 7) is 11.7. The summed E-state index contributed by atoms with van der Waals surface area (Å²) in [7, 11) is -3.45. The third kappa shape index (κ3) is 6.77. The van der Waals surface area contributed by atoms with Gasteiger partial charge >= 0.3 is 0 Å². The normalized spacial score (nSPS) is 13.8. The van der Waals surface area contributed by atoms with Crippen LogP contribution < -0.4 is 22.1 Å². The summed E-state index contributed by atoms with van der Waals surface area (Å²) >= 11 is 6.57. The summed E-state index contributed by atoms with van der Waals surface area (Å²) in [5.74, 6) is 11.2. The molecule has 1 aromatic carbocycles. The molecule has 0 saturated heterocycles. The van der Waals surface area contributed by atoms with Gasteiger partial charge in [0.15, 0.2) is 9.84 Å². The Morgan fingerprint density at radius 2 is 1.80 bits per heavy atom. The van der Waals surface area contributed by atoms with Crippen molar-refractivity contribution < 1.29 is 13.2 Å². The maximum atomic E-state index is 11.9. The van der Waals surface area contributed by atoms with Gasteiger partial charge in [-0.25, -0.2) is 8.42 Å². The van der Waals surface area contributed by atoms with Crippen molar-refractivity contribution in [1.82, 2.24) is 9.97 Å². The number of halogens is 1. The molecule has 13 heteroatoms. The molecular formula is C27H30ClN7O4S. The standard InChI is InChI=1S/C27H30ClN7O4S/c1-16(17(2)27(34-30)39-19(4)20-12-13-31-25(36)14-20)26(33-29)35(24-9-7-6-8-22(24)28)18(3)23-11-10-21(15-32-23)40(5,37)38/h6-17H,3-4,29-30H2,1-2,5H3,(H,31,36)/b33-26-,34-27-. The Morgan fingerprint density at radius 1 is 1.10 bits per heavy atom. The number of hydrazone groups is 2. The number of sulfone groups is 1. The highest BCUT2D eigenvalue weighted by molar-refractivity contribution is 7.90. The number of ether oxygens (including phenoxy) is 1. The lowest BCUT2D eigenvalue weighted by Crippen LogP contribution is -2.40. The Labute approximate surface area is 237 Å². The monoisotopic (exact) mass is 583 g/mol. The van der Waals surface area contributed by atoms with E-state index in [1.807, 2.05) is 6.92 Å². The van der Waals surface area contributed by atoms with Crippen molar-refractivity contribution in [3.05, 3.63) is 101 Å². The molecule has 3 aromatic rings. The van der Waals surface area contributed by atoms with E-state index in [0.717, 1.165) is 6.26 Å². The minimum Gasteiger partial charge on any atom is -0.441 e. The molecule has 0 aliphatic rings. The molecule has 0 aliphatic carbocycles. The van der Waals surface area contributed by atoms with Crippen LogP contribution in [0.3, 0.4) is 0 Å². The van der Waals surface area contributed by atoms with Gasteiger partial charge in [-0.3, -0.25) is 14.7 Å². The molecule has 0 amide bonds. The Kier molecular flexibility index (Phi) is 9.51. The van der Waals surface area contributed by atoms with E-state index in [4.69, 9.17) is 28.0 Å². The fraction of sp³-hybridized carbons (Fsp3) is 0.185. The first-order chi connectivity index (χ1) is 18.9. The number of anilines is 1. The van der Waals surface area contributed by atoms with Gasteiger partial charge in [0.1, 0.15) is 11.6 Å². The van der Waals surface area contributed by atoms with Gasteiger partial charge in [0.25, 0.3) is 0 Å². The molecule has 3 rings (SSSR count). The van der Waals surface area contributed by atoms with Crippen molar-refractivity contribution in [2.45, 2.75) is 18.7 Å². The third-order valence-electron chi connectivity index (χ3n) is 6.18. The number of benzene rings is 1. The first-order valence-electron chi connectivity index (χ1n) is 11.9. The molecule has 0 saturated carbocycles. The highest BCUT2D eigenvalue weighted by Crippen LogP contribution is 2.34. The zero-order chi connectivity index (χ0) is 29.6. The fourth-order valence-corrected chi connectivity index (χ4v) is 4.56. The van der Waals surface area contributed by atoms with Crippen LogP contribution in [0.15, 0.2) is 94.0 Å². The second-order valence-corrected chi connectivity index (χ2v) is 11.3. The van der Waals surface area contributed by atoms with E-state index in [1.165, 1.54) is 30.6 Å². The van der Waals surface area contributed by atoms with Crippen LogP contribution in [0.1, 0.15) is 25.1 Å². The molecule has 0 spiro atoms. The first kappa shape index (κ1) is 30.1. The smallest absolute Gasteiger partial charge is 0.248 e. The van der Waals surface area contributed by atoms with Crippen LogP contribution in [0.5, 0.6) is 0 Å². The number of pyridine rings is 2. The summed E-state index contributed by atoms with van der Waals surface area (Å²) in [6.07, 6.45) is 3.82. The summed E-state index contributed by atoms with van der Waals surface area (Å²) < 4.78 is 29.7. The number of nitrogens with one attached hydrogen (secondary N) is 1. The summed E-state index contributed by atoms with van der Waals surface area (Å²) in [5, 5.41) is 8.27. The molecule has 5 N–H and O–H groups in total. The fourth-order valence-electron chi connectivity index (χ4n) is 3.78. The van der Waals surface area contributed by atoms with Gasteiger partial charge in [0.2, 0.25) is 11.5 Å². The van der Waals surface area contributed by atoms with E-state index >= 15 is 0 Å². The highest BCUT2D eigenvalue weighted by Gasteiger charge is 2.32. The van der Waals surface area contributed by atoms with Gasteiger partial charge in [0.05, 0.1) is 27.0 Å². The van der Waals surface area contributed by atoms with E-state index < -0.39 is 21.7 Å². The Balaban J connectivity index is 2.00. The van der Waals surface area contributed by atoms with Crippen molar-refractivity contribution in [2.75, 3.05) is 11.2 Å². The third-order valence-corrected chi connectivity index (χ3v) is 7.60. The van der Waals surface area contributed by atoms with E-state index in [9.17, 15) is 13.2 Å². The van der Waals surface area contributed by atoms with Crippen LogP contribution in [0, 0.1) is 11.8 Å². The quantitative estimate of drug-likeness (QED) is 0.112. The molecule has 0 radical (unpaired) electrons. The molecule has 0 bridgehead atoms. The van der Waals surface area contributed by atoms with Gasteiger partial charge < -0.3 is 21.4 Å². The summed E-state index contributed by atoms with van der Waals surface area (Å²) in [5.41, 5.74) is 1.33. The predicted molar refractivity (Wildman–Crippen MR) is 159 cm³/mol. The zero-order valence-electron chi connectivity index (χ0n) is 22.2. The number of hydrogen-bond donors (Lipinski definition) is 3. The molecule has 2 aromatic heterocycles. The van der Waals surface area contributed by atoms with E-state index in [1.54, 1.807) is 42.2 Å². The van der Waals surface area contributed by atoms with Gasteiger partial charge in [0, 0.05) is 42.1 Å². The van der Waals surface area contributed by atoms with E-state index in [2.05, 4.69) is 33.3 Å². The Morgan fingerprint density at radius 3 is 2.35 bits per heavy atom. The summed E-state index contributed by atoms with van der Waals surface area (Å²) in [6, 6.07) is 12.9. The maximum absolute atomic E-state index is 11.9. The van der Waals surface area contributed by atoms with Crippen LogP contribution in [0.25, 0.3) is 11.5 Å². The molecular weight excluding hydrogens is 554 g/mol. The van der Waals surface area contributed by atoms with Crippen molar-refractivity contribution in [1.29, 1.82) is 0 Å². The number of para-hydroxylation sites is 1.